The molecule has 2 aromatic rings. The molecular weight excluding hydrogens is 261 g/mol. The van der Waals surface area contributed by atoms with Gasteiger partial charge in [-0.2, -0.15) is 13.2 Å². The van der Waals surface area contributed by atoms with Crippen LogP contribution >= 0.6 is 12.2 Å². The van der Waals surface area contributed by atoms with Crippen LogP contribution in [-0.4, -0.2) is 9.97 Å². The van der Waals surface area contributed by atoms with E-state index in [4.69, 9.17) is 18.0 Å². The molecule has 0 amide bonds. The quantitative estimate of drug-likeness (QED) is 0.809. The average molecular weight is 270 g/mol. The van der Waals surface area contributed by atoms with E-state index in [2.05, 4.69) is 4.98 Å². The molecule has 1 heterocycles. The fraction of sp³-hybridized carbons (Fsp3) is 0.167. The number of rotatable bonds is 1. The van der Waals surface area contributed by atoms with Crippen LogP contribution in [0.25, 0.3) is 10.9 Å². The summed E-state index contributed by atoms with van der Waals surface area (Å²) in [6.45, 7) is 1.78. The van der Waals surface area contributed by atoms with Gasteiger partial charge in [0.05, 0.1) is 16.8 Å². The van der Waals surface area contributed by atoms with Crippen LogP contribution in [-0.2, 0) is 6.18 Å². The molecule has 1 aromatic heterocycles. The van der Waals surface area contributed by atoms with Gasteiger partial charge in [-0.25, -0.2) is 4.98 Å². The Morgan fingerprint density at radius 3 is 2.50 bits per heavy atom. The van der Waals surface area contributed by atoms with Crippen LogP contribution in [0.5, 0.6) is 0 Å². The average Bonchev–Trinajstić information content (AvgIpc) is 2.26. The molecule has 2 N–H and O–H groups in total. The number of aryl methyl sites for hydroxylation is 1. The van der Waals surface area contributed by atoms with Crippen molar-refractivity contribution in [3.05, 3.63) is 41.1 Å². The van der Waals surface area contributed by atoms with Gasteiger partial charge in [-0.15, -0.1) is 0 Å². The van der Waals surface area contributed by atoms with Crippen LogP contribution in [0, 0.1) is 6.92 Å². The number of hydrogen-bond acceptors (Lipinski definition) is 2. The van der Waals surface area contributed by atoms with Crippen LogP contribution in [0.3, 0.4) is 0 Å². The van der Waals surface area contributed by atoms with Gasteiger partial charge < -0.3 is 5.73 Å². The van der Waals surface area contributed by atoms with Crippen molar-refractivity contribution in [3.63, 3.8) is 0 Å². The normalized spacial score (nSPS) is 11.8. The lowest BCUT2D eigenvalue weighted by Crippen LogP contribution is -2.12. The lowest BCUT2D eigenvalue weighted by Gasteiger charge is -2.09. The molecule has 2 nitrogen and oxygen atoms in total. The maximum atomic E-state index is 12.6. The second-order valence-electron chi connectivity index (χ2n) is 3.92. The number of benzene rings is 1. The SMILES string of the molecule is Cc1cc(C(N)=S)nc2cc(C(F)(F)F)ccc12. The Morgan fingerprint density at radius 2 is 1.94 bits per heavy atom. The Balaban J connectivity index is 2.72. The second-order valence-corrected chi connectivity index (χ2v) is 4.36. The van der Waals surface area contributed by atoms with Crippen molar-refractivity contribution < 1.29 is 13.2 Å². The minimum Gasteiger partial charge on any atom is -0.388 e. The molecule has 0 unspecified atom stereocenters. The summed E-state index contributed by atoms with van der Waals surface area (Å²) >= 11 is 4.78. The monoisotopic (exact) mass is 270 g/mol. The molecule has 1 aromatic carbocycles. The highest BCUT2D eigenvalue weighted by Crippen LogP contribution is 2.31. The van der Waals surface area contributed by atoms with Gasteiger partial charge in [0, 0.05) is 5.39 Å². The molecule has 0 spiro atoms. The third-order valence-corrected chi connectivity index (χ3v) is 2.81. The van der Waals surface area contributed by atoms with Crippen molar-refractivity contribution >= 4 is 28.1 Å². The van der Waals surface area contributed by atoms with Gasteiger partial charge >= 0.3 is 6.18 Å². The van der Waals surface area contributed by atoms with E-state index < -0.39 is 11.7 Å². The molecular formula is C12H9F3N2S. The minimum absolute atomic E-state index is 0.0670. The molecule has 0 fully saturated rings. The third-order valence-electron chi connectivity index (χ3n) is 2.60. The van der Waals surface area contributed by atoms with E-state index >= 15 is 0 Å². The van der Waals surface area contributed by atoms with Crippen molar-refractivity contribution in [1.29, 1.82) is 0 Å². The minimum atomic E-state index is -4.39. The summed E-state index contributed by atoms with van der Waals surface area (Å²) in [6.07, 6.45) is -4.39. The van der Waals surface area contributed by atoms with Crippen molar-refractivity contribution in [2.75, 3.05) is 0 Å². The number of nitrogens with zero attached hydrogens (tertiary/aromatic N) is 1. The summed E-state index contributed by atoms with van der Waals surface area (Å²) in [7, 11) is 0. The maximum absolute atomic E-state index is 12.6. The van der Waals surface area contributed by atoms with Gasteiger partial charge in [0.2, 0.25) is 0 Å². The Bertz CT molecular complexity index is 635. The van der Waals surface area contributed by atoms with Crippen molar-refractivity contribution in [2.24, 2.45) is 5.73 Å². The second kappa shape index (κ2) is 4.20. The predicted molar refractivity (Wildman–Crippen MR) is 67.4 cm³/mol. The summed E-state index contributed by atoms with van der Waals surface area (Å²) in [4.78, 5) is 4.11. The highest BCUT2D eigenvalue weighted by atomic mass is 32.1. The number of hydrogen-bond donors (Lipinski definition) is 1. The van der Waals surface area contributed by atoms with E-state index in [-0.39, 0.29) is 10.5 Å². The first kappa shape index (κ1) is 12.8. The molecule has 0 radical (unpaired) electrons. The van der Waals surface area contributed by atoms with Gasteiger partial charge in [0.25, 0.3) is 0 Å². The lowest BCUT2D eigenvalue weighted by atomic mass is 10.1. The first-order valence-corrected chi connectivity index (χ1v) is 5.48. The van der Waals surface area contributed by atoms with Crippen molar-refractivity contribution in [2.45, 2.75) is 13.1 Å². The Hall–Kier alpha value is -1.69. The molecule has 0 aliphatic heterocycles. The highest BCUT2D eigenvalue weighted by Gasteiger charge is 2.30. The number of pyridine rings is 1. The van der Waals surface area contributed by atoms with Crippen LogP contribution < -0.4 is 5.73 Å². The van der Waals surface area contributed by atoms with Crippen molar-refractivity contribution in [1.82, 2.24) is 4.98 Å². The fourth-order valence-corrected chi connectivity index (χ4v) is 1.81. The molecule has 0 saturated carbocycles. The number of alkyl halides is 3. The number of thiocarbonyl (C=S) groups is 1. The molecule has 0 saturated heterocycles. The van der Waals surface area contributed by atoms with Crippen LogP contribution in [0.1, 0.15) is 16.8 Å². The summed E-state index contributed by atoms with van der Waals surface area (Å²) in [5, 5.41) is 0.656. The predicted octanol–water partition coefficient (Wildman–Crippen LogP) is 3.20. The van der Waals surface area contributed by atoms with Gasteiger partial charge in [0.1, 0.15) is 4.99 Å². The zero-order chi connectivity index (χ0) is 13.5. The summed E-state index contributed by atoms with van der Waals surface area (Å²) < 4.78 is 37.8. The topological polar surface area (TPSA) is 38.9 Å². The molecule has 0 aliphatic carbocycles. The molecule has 0 atom stereocenters. The first-order valence-electron chi connectivity index (χ1n) is 5.07. The van der Waals surface area contributed by atoms with E-state index in [0.29, 0.717) is 11.1 Å². The van der Waals surface area contributed by atoms with Crippen LogP contribution in [0.4, 0.5) is 13.2 Å². The molecule has 0 bridgehead atoms. The van der Waals surface area contributed by atoms with E-state index in [1.807, 2.05) is 0 Å². The number of nitrogens with two attached hydrogens (primary N) is 1. The Morgan fingerprint density at radius 1 is 1.28 bits per heavy atom. The molecule has 18 heavy (non-hydrogen) atoms. The van der Waals surface area contributed by atoms with Crippen LogP contribution in [0.15, 0.2) is 24.3 Å². The number of aromatic nitrogens is 1. The van der Waals surface area contributed by atoms with Gasteiger partial charge in [-0.3, -0.25) is 0 Å². The molecule has 2 rings (SSSR count). The maximum Gasteiger partial charge on any atom is 0.416 e. The first-order chi connectivity index (χ1) is 8.29. The lowest BCUT2D eigenvalue weighted by molar-refractivity contribution is -0.137. The molecule has 6 heteroatoms. The van der Waals surface area contributed by atoms with E-state index in [9.17, 15) is 13.2 Å². The van der Waals surface area contributed by atoms with Crippen molar-refractivity contribution in [3.8, 4) is 0 Å². The number of halogens is 3. The largest absolute Gasteiger partial charge is 0.416 e. The summed E-state index contributed by atoms with van der Waals surface area (Å²) in [5.74, 6) is 0. The van der Waals surface area contributed by atoms with Crippen LogP contribution in [0.2, 0.25) is 0 Å². The highest BCUT2D eigenvalue weighted by molar-refractivity contribution is 7.80. The smallest absolute Gasteiger partial charge is 0.388 e. The summed E-state index contributed by atoms with van der Waals surface area (Å²) in [5.41, 5.74) is 6.07. The van der Waals surface area contributed by atoms with Gasteiger partial charge in [-0.05, 0) is 30.7 Å². The van der Waals surface area contributed by atoms with E-state index in [0.717, 1.165) is 17.7 Å². The standard InChI is InChI=1S/C12H9F3N2S/c1-6-4-10(11(16)18)17-9-5-7(12(13,14)15)2-3-8(6)9/h2-5H,1H3,(H2,16,18). The molecule has 94 valence electrons. The van der Waals surface area contributed by atoms with E-state index in [1.165, 1.54) is 6.07 Å². The van der Waals surface area contributed by atoms with Gasteiger partial charge in [-0.1, -0.05) is 18.3 Å². The fourth-order valence-electron chi connectivity index (χ4n) is 1.71. The Labute approximate surface area is 107 Å². The third kappa shape index (κ3) is 2.28. The Kier molecular flexibility index (Phi) is 2.98. The number of fused-ring (bicyclic) bond motifs is 1. The zero-order valence-corrected chi connectivity index (χ0v) is 10.2. The van der Waals surface area contributed by atoms with E-state index in [1.54, 1.807) is 13.0 Å². The molecule has 0 aliphatic rings. The van der Waals surface area contributed by atoms with Gasteiger partial charge in [0.15, 0.2) is 0 Å². The zero-order valence-electron chi connectivity index (χ0n) is 9.38. The summed E-state index contributed by atoms with van der Waals surface area (Å²) in [6, 6.07) is 5.11.